The van der Waals surface area contributed by atoms with Crippen molar-refractivity contribution in [3.63, 3.8) is 0 Å². The highest BCUT2D eigenvalue weighted by Gasteiger charge is 2.50. The molecule has 0 atom stereocenters. The van der Waals surface area contributed by atoms with Crippen LogP contribution in [0.4, 0.5) is 9.59 Å². The predicted molar refractivity (Wildman–Crippen MR) is 129 cm³/mol. The molecule has 184 valence electrons. The molecule has 1 aliphatic carbocycles. The third-order valence-electron chi connectivity index (χ3n) is 7.59. The molecule has 0 aromatic heterocycles. The van der Waals surface area contributed by atoms with E-state index in [1.54, 1.807) is 4.90 Å². The fourth-order valence-electron chi connectivity index (χ4n) is 5.57. The van der Waals surface area contributed by atoms with E-state index in [0.29, 0.717) is 58.3 Å². The lowest BCUT2D eigenvalue weighted by molar-refractivity contribution is -0.132. The van der Waals surface area contributed by atoms with Crippen LogP contribution in [-0.4, -0.2) is 65.3 Å². The molecule has 4 rings (SSSR count). The van der Waals surface area contributed by atoms with Crippen LogP contribution < -0.4 is 10.6 Å². The van der Waals surface area contributed by atoms with Gasteiger partial charge in [0, 0.05) is 37.7 Å². The Balaban J connectivity index is 1.19. The van der Waals surface area contributed by atoms with E-state index in [4.69, 9.17) is 0 Å². The Morgan fingerprint density at radius 3 is 2.47 bits per heavy atom. The lowest BCUT2D eigenvalue weighted by atomic mass is 9.82. The molecule has 1 aromatic carbocycles. The summed E-state index contributed by atoms with van der Waals surface area (Å²) in [4.78, 5) is 53.7. The van der Waals surface area contributed by atoms with Gasteiger partial charge in [-0.05, 0) is 51.5 Å². The Hall–Kier alpha value is -2.90. The van der Waals surface area contributed by atoms with E-state index in [9.17, 15) is 19.2 Å². The SMILES string of the molecule is Cc1ccc(C(=O)C2CCN(C(=O)NCCCN3C(=O)NC4(CCCCC4)C3=O)CC2)c(C)c1. The number of rotatable bonds is 6. The Morgan fingerprint density at radius 2 is 1.79 bits per heavy atom. The number of urea groups is 2. The summed E-state index contributed by atoms with van der Waals surface area (Å²) in [5.74, 6) is -0.00168. The summed E-state index contributed by atoms with van der Waals surface area (Å²) in [5, 5.41) is 5.82. The predicted octanol–water partition coefficient (Wildman–Crippen LogP) is 3.55. The van der Waals surface area contributed by atoms with E-state index < -0.39 is 5.54 Å². The van der Waals surface area contributed by atoms with Crippen LogP contribution in [0.2, 0.25) is 0 Å². The van der Waals surface area contributed by atoms with Gasteiger partial charge in [-0.1, -0.05) is 43.0 Å². The van der Waals surface area contributed by atoms with E-state index in [2.05, 4.69) is 10.6 Å². The number of carbonyl (C=O) groups is 4. The lowest BCUT2D eigenvalue weighted by Crippen LogP contribution is -2.48. The maximum absolute atomic E-state index is 12.9. The highest BCUT2D eigenvalue weighted by atomic mass is 16.2. The molecular formula is C26H36N4O4. The number of hydrogen-bond donors (Lipinski definition) is 2. The quantitative estimate of drug-likeness (QED) is 0.379. The molecule has 3 fully saturated rings. The lowest BCUT2D eigenvalue weighted by Gasteiger charge is -2.31. The van der Waals surface area contributed by atoms with Crippen molar-refractivity contribution in [2.75, 3.05) is 26.2 Å². The van der Waals surface area contributed by atoms with Crippen molar-refractivity contribution in [2.45, 2.75) is 70.8 Å². The Labute approximate surface area is 201 Å². The molecule has 2 N–H and O–H groups in total. The van der Waals surface area contributed by atoms with E-state index in [0.717, 1.165) is 36.0 Å². The van der Waals surface area contributed by atoms with Crippen molar-refractivity contribution in [3.8, 4) is 0 Å². The van der Waals surface area contributed by atoms with Crippen LogP contribution in [-0.2, 0) is 4.79 Å². The number of aryl methyl sites for hydroxylation is 2. The van der Waals surface area contributed by atoms with Crippen LogP contribution in [0.3, 0.4) is 0 Å². The first kappa shape index (κ1) is 24.2. The molecule has 2 heterocycles. The standard InChI is InChI=1S/C26H36N4O4/c1-18-7-8-21(19(2)17-18)22(31)20-9-15-29(16-10-20)24(33)27-13-6-14-30-23(32)26(28-25(30)34)11-4-3-5-12-26/h7-8,17,20H,3-6,9-16H2,1-2H3,(H,27,33)(H,28,34). The number of amides is 5. The molecule has 1 saturated carbocycles. The number of piperidine rings is 1. The van der Waals surface area contributed by atoms with Gasteiger partial charge in [0.25, 0.3) is 5.91 Å². The van der Waals surface area contributed by atoms with Crippen molar-refractivity contribution >= 4 is 23.8 Å². The first-order valence-corrected chi connectivity index (χ1v) is 12.6. The summed E-state index contributed by atoms with van der Waals surface area (Å²) < 4.78 is 0. The molecule has 0 radical (unpaired) electrons. The van der Waals surface area contributed by atoms with Gasteiger partial charge in [-0.2, -0.15) is 0 Å². The number of hydrogen-bond acceptors (Lipinski definition) is 4. The second-order valence-corrected chi connectivity index (χ2v) is 10.1. The number of benzene rings is 1. The van der Waals surface area contributed by atoms with Crippen LogP contribution >= 0.6 is 0 Å². The third kappa shape index (κ3) is 4.95. The molecular weight excluding hydrogens is 432 g/mol. The maximum Gasteiger partial charge on any atom is 0.325 e. The minimum absolute atomic E-state index is 0.0581. The number of carbonyl (C=O) groups excluding carboxylic acids is 4. The fourth-order valence-corrected chi connectivity index (χ4v) is 5.57. The molecule has 5 amide bonds. The monoisotopic (exact) mass is 468 g/mol. The summed E-state index contributed by atoms with van der Waals surface area (Å²) in [5.41, 5.74) is 2.23. The van der Waals surface area contributed by atoms with E-state index in [1.807, 2.05) is 32.0 Å². The molecule has 0 bridgehead atoms. The first-order chi connectivity index (χ1) is 16.3. The normalized spacial score (nSPS) is 20.5. The van der Waals surface area contributed by atoms with Gasteiger partial charge in [-0.3, -0.25) is 14.5 Å². The van der Waals surface area contributed by atoms with Crippen molar-refractivity contribution in [3.05, 3.63) is 34.9 Å². The molecule has 8 heteroatoms. The molecule has 0 unspecified atom stereocenters. The van der Waals surface area contributed by atoms with E-state index >= 15 is 0 Å². The molecule has 2 saturated heterocycles. The van der Waals surface area contributed by atoms with Gasteiger partial charge in [0.05, 0.1) is 0 Å². The summed E-state index contributed by atoms with van der Waals surface area (Å²) in [6.07, 6.45) is 6.29. The zero-order valence-corrected chi connectivity index (χ0v) is 20.3. The largest absolute Gasteiger partial charge is 0.338 e. The molecule has 3 aliphatic rings. The highest BCUT2D eigenvalue weighted by molar-refractivity contribution is 6.07. The minimum atomic E-state index is -0.697. The van der Waals surface area contributed by atoms with Crippen molar-refractivity contribution in [1.29, 1.82) is 0 Å². The number of ketones is 1. The van der Waals surface area contributed by atoms with Crippen molar-refractivity contribution in [1.82, 2.24) is 20.4 Å². The zero-order valence-electron chi connectivity index (χ0n) is 20.3. The summed E-state index contributed by atoms with van der Waals surface area (Å²) in [6.45, 7) is 5.77. The number of Topliss-reactive ketones (excluding diaryl/α,β-unsaturated/α-hetero) is 1. The van der Waals surface area contributed by atoms with E-state index in [-0.39, 0.29) is 29.7 Å². The first-order valence-electron chi connectivity index (χ1n) is 12.6. The molecule has 1 spiro atoms. The van der Waals surface area contributed by atoms with Crippen molar-refractivity contribution in [2.24, 2.45) is 5.92 Å². The van der Waals surface area contributed by atoms with Gasteiger partial charge < -0.3 is 15.5 Å². The summed E-state index contributed by atoms with van der Waals surface area (Å²) >= 11 is 0. The average Bonchev–Trinajstić information content (AvgIpc) is 3.05. The average molecular weight is 469 g/mol. The van der Waals surface area contributed by atoms with Crippen LogP contribution in [0.15, 0.2) is 18.2 Å². The number of likely N-dealkylation sites (tertiary alicyclic amines) is 1. The Kier molecular flexibility index (Phi) is 7.24. The highest BCUT2D eigenvalue weighted by Crippen LogP contribution is 2.33. The fraction of sp³-hybridized carbons (Fsp3) is 0.615. The van der Waals surface area contributed by atoms with Crippen LogP contribution in [0.25, 0.3) is 0 Å². The van der Waals surface area contributed by atoms with Gasteiger partial charge >= 0.3 is 12.1 Å². The Morgan fingerprint density at radius 1 is 1.09 bits per heavy atom. The second kappa shape index (κ2) is 10.2. The van der Waals surface area contributed by atoms with E-state index in [1.165, 1.54) is 4.90 Å². The van der Waals surface area contributed by atoms with Crippen LogP contribution in [0.5, 0.6) is 0 Å². The molecule has 8 nitrogen and oxygen atoms in total. The van der Waals surface area contributed by atoms with Gasteiger partial charge in [0.2, 0.25) is 0 Å². The number of nitrogens with one attached hydrogen (secondary N) is 2. The smallest absolute Gasteiger partial charge is 0.325 e. The summed E-state index contributed by atoms with van der Waals surface area (Å²) in [6, 6.07) is 5.45. The maximum atomic E-state index is 12.9. The Bertz CT molecular complexity index is 962. The van der Waals surface area contributed by atoms with Gasteiger partial charge in [0.15, 0.2) is 5.78 Å². The summed E-state index contributed by atoms with van der Waals surface area (Å²) in [7, 11) is 0. The molecule has 1 aromatic rings. The number of imide groups is 1. The zero-order chi connectivity index (χ0) is 24.3. The second-order valence-electron chi connectivity index (χ2n) is 10.1. The third-order valence-corrected chi connectivity index (χ3v) is 7.59. The topological polar surface area (TPSA) is 98.8 Å². The number of nitrogens with zero attached hydrogens (tertiary/aromatic N) is 2. The molecule has 2 aliphatic heterocycles. The molecule has 34 heavy (non-hydrogen) atoms. The van der Waals surface area contributed by atoms with Gasteiger partial charge in [0.1, 0.15) is 5.54 Å². The minimum Gasteiger partial charge on any atom is -0.338 e. The van der Waals surface area contributed by atoms with Crippen LogP contribution in [0, 0.1) is 19.8 Å². The van der Waals surface area contributed by atoms with Gasteiger partial charge in [-0.15, -0.1) is 0 Å². The van der Waals surface area contributed by atoms with Crippen LogP contribution in [0.1, 0.15) is 72.9 Å². The van der Waals surface area contributed by atoms with Crippen molar-refractivity contribution < 1.29 is 19.2 Å². The van der Waals surface area contributed by atoms with Gasteiger partial charge in [-0.25, -0.2) is 9.59 Å².